The van der Waals surface area contributed by atoms with Gasteiger partial charge in [-0.3, -0.25) is 0 Å². The average molecular weight is 347 g/mol. The van der Waals surface area contributed by atoms with Crippen molar-refractivity contribution in [3.05, 3.63) is 29.2 Å². The molecule has 0 spiro atoms. The third-order valence-electron chi connectivity index (χ3n) is 4.28. The molecule has 1 N–H and O–H groups in total. The van der Waals surface area contributed by atoms with Crippen molar-refractivity contribution in [1.82, 2.24) is 25.0 Å². The zero-order chi connectivity index (χ0) is 16.9. The van der Waals surface area contributed by atoms with Crippen LogP contribution < -0.4 is 10.2 Å². The molecule has 8 heteroatoms. The SMILES string of the molecule is CCNC(=NCc1nnc(C)n1C)N1CCN(c2cccs2)CC1. The van der Waals surface area contributed by atoms with Gasteiger partial charge in [0.2, 0.25) is 0 Å². The highest BCUT2D eigenvalue weighted by Crippen LogP contribution is 2.22. The van der Waals surface area contributed by atoms with Crippen LogP contribution in [0.25, 0.3) is 0 Å². The molecule has 0 aromatic carbocycles. The molecular formula is C16H25N7S. The Labute approximate surface area is 147 Å². The Morgan fingerprint density at radius 3 is 2.67 bits per heavy atom. The zero-order valence-corrected chi connectivity index (χ0v) is 15.4. The molecule has 2 aromatic heterocycles. The first-order chi connectivity index (χ1) is 11.7. The molecule has 0 radical (unpaired) electrons. The molecule has 0 aliphatic carbocycles. The van der Waals surface area contributed by atoms with Crippen molar-refractivity contribution in [3.8, 4) is 0 Å². The van der Waals surface area contributed by atoms with Crippen molar-refractivity contribution < 1.29 is 0 Å². The number of anilines is 1. The molecule has 0 unspecified atom stereocenters. The fourth-order valence-corrected chi connectivity index (χ4v) is 3.53. The molecule has 1 aliphatic heterocycles. The minimum Gasteiger partial charge on any atom is -0.360 e. The van der Waals surface area contributed by atoms with Crippen molar-refractivity contribution in [2.75, 3.05) is 37.6 Å². The second-order valence-electron chi connectivity index (χ2n) is 5.82. The lowest BCUT2D eigenvalue weighted by molar-refractivity contribution is 0.373. The molecule has 0 amide bonds. The summed E-state index contributed by atoms with van der Waals surface area (Å²) in [4.78, 5) is 9.53. The molecule has 3 rings (SSSR count). The van der Waals surface area contributed by atoms with E-state index in [4.69, 9.17) is 4.99 Å². The van der Waals surface area contributed by atoms with E-state index in [1.165, 1.54) is 5.00 Å². The van der Waals surface area contributed by atoms with Gasteiger partial charge < -0.3 is 19.7 Å². The van der Waals surface area contributed by atoms with Crippen LogP contribution in [-0.4, -0.2) is 58.3 Å². The van der Waals surface area contributed by atoms with Crippen LogP contribution in [0.3, 0.4) is 0 Å². The van der Waals surface area contributed by atoms with E-state index in [2.05, 4.69) is 49.8 Å². The van der Waals surface area contributed by atoms with Gasteiger partial charge in [-0.1, -0.05) is 0 Å². The number of nitrogens with zero attached hydrogens (tertiary/aromatic N) is 6. The average Bonchev–Trinajstić information content (AvgIpc) is 3.24. The van der Waals surface area contributed by atoms with Gasteiger partial charge in [0.25, 0.3) is 0 Å². The second-order valence-corrected chi connectivity index (χ2v) is 6.74. The zero-order valence-electron chi connectivity index (χ0n) is 14.6. The number of guanidine groups is 1. The van der Waals surface area contributed by atoms with Crippen molar-refractivity contribution in [2.24, 2.45) is 12.0 Å². The molecule has 0 saturated carbocycles. The van der Waals surface area contributed by atoms with Crippen molar-refractivity contribution in [2.45, 2.75) is 20.4 Å². The molecule has 0 atom stereocenters. The van der Waals surface area contributed by atoms with Crippen LogP contribution in [0.5, 0.6) is 0 Å². The van der Waals surface area contributed by atoms with Gasteiger partial charge in [-0.05, 0) is 31.4 Å². The van der Waals surface area contributed by atoms with Crippen LogP contribution >= 0.6 is 11.3 Å². The summed E-state index contributed by atoms with van der Waals surface area (Å²) in [6.07, 6.45) is 0. The highest BCUT2D eigenvalue weighted by Gasteiger charge is 2.20. The molecule has 0 bridgehead atoms. The number of aromatic nitrogens is 3. The highest BCUT2D eigenvalue weighted by molar-refractivity contribution is 7.14. The molecule has 1 saturated heterocycles. The Hall–Kier alpha value is -2.09. The van der Waals surface area contributed by atoms with Gasteiger partial charge in [-0.25, -0.2) is 4.99 Å². The monoisotopic (exact) mass is 347 g/mol. The van der Waals surface area contributed by atoms with Crippen LogP contribution in [0, 0.1) is 6.92 Å². The van der Waals surface area contributed by atoms with Crippen molar-refractivity contribution in [3.63, 3.8) is 0 Å². The Morgan fingerprint density at radius 1 is 1.29 bits per heavy atom. The van der Waals surface area contributed by atoms with E-state index >= 15 is 0 Å². The molecule has 1 fully saturated rings. The summed E-state index contributed by atoms with van der Waals surface area (Å²) in [6.45, 7) is 9.46. The van der Waals surface area contributed by atoms with E-state index in [1.54, 1.807) is 11.3 Å². The summed E-state index contributed by atoms with van der Waals surface area (Å²) < 4.78 is 1.99. The maximum Gasteiger partial charge on any atom is 0.194 e. The fraction of sp³-hybridized carbons (Fsp3) is 0.562. The van der Waals surface area contributed by atoms with E-state index in [1.807, 2.05) is 18.5 Å². The summed E-state index contributed by atoms with van der Waals surface area (Å²) in [7, 11) is 1.98. The van der Waals surface area contributed by atoms with E-state index in [0.29, 0.717) is 6.54 Å². The van der Waals surface area contributed by atoms with Crippen molar-refractivity contribution in [1.29, 1.82) is 0 Å². The predicted molar refractivity (Wildman–Crippen MR) is 98.7 cm³/mol. The topological polar surface area (TPSA) is 61.6 Å². The third-order valence-corrected chi connectivity index (χ3v) is 5.21. The molecule has 130 valence electrons. The summed E-state index contributed by atoms with van der Waals surface area (Å²) >= 11 is 1.80. The maximum absolute atomic E-state index is 4.76. The Bertz CT molecular complexity index is 669. The van der Waals surface area contributed by atoms with Crippen molar-refractivity contribution >= 4 is 22.3 Å². The lowest BCUT2D eigenvalue weighted by atomic mass is 10.3. The van der Waals surface area contributed by atoms with Gasteiger partial charge in [0, 0.05) is 39.8 Å². The van der Waals surface area contributed by atoms with Crippen LogP contribution in [-0.2, 0) is 13.6 Å². The summed E-state index contributed by atoms with van der Waals surface area (Å²) in [5, 5.41) is 15.2. The number of aryl methyl sites for hydroxylation is 1. The molecule has 3 heterocycles. The number of hydrogen-bond acceptors (Lipinski definition) is 5. The molecular weight excluding hydrogens is 322 g/mol. The second kappa shape index (κ2) is 7.65. The lowest BCUT2D eigenvalue weighted by Gasteiger charge is -2.37. The quantitative estimate of drug-likeness (QED) is 0.670. The van der Waals surface area contributed by atoms with E-state index < -0.39 is 0 Å². The van der Waals surface area contributed by atoms with Crippen LogP contribution in [0.15, 0.2) is 22.5 Å². The number of piperazine rings is 1. The standard InChI is InChI=1S/C16H25N7S/c1-4-17-16(18-12-14-20-19-13(2)21(14)3)23-9-7-22(8-10-23)15-6-5-11-24-15/h5-6,11H,4,7-10,12H2,1-3H3,(H,17,18). The molecule has 7 nitrogen and oxygen atoms in total. The van der Waals surface area contributed by atoms with Gasteiger partial charge in [-0.15, -0.1) is 21.5 Å². The minimum absolute atomic E-state index is 0.546. The van der Waals surface area contributed by atoms with Gasteiger partial charge in [0.15, 0.2) is 11.8 Å². The normalized spacial score (nSPS) is 15.9. The highest BCUT2D eigenvalue weighted by atomic mass is 32.1. The first kappa shape index (κ1) is 16.8. The summed E-state index contributed by atoms with van der Waals surface area (Å²) in [6, 6.07) is 4.30. The van der Waals surface area contributed by atoms with Gasteiger partial charge >= 0.3 is 0 Å². The molecule has 1 aliphatic rings. The Morgan fingerprint density at radius 2 is 2.08 bits per heavy atom. The number of nitrogens with one attached hydrogen (secondary N) is 1. The smallest absolute Gasteiger partial charge is 0.194 e. The molecule has 24 heavy (non-hydrogen) atoms. The third kappa shape index (κ3) is 3.69. The minimum atomic E-state index is 0.546. The van der Waals surface area contributed by atoms with E-state index in [-0.39, 0.29) is 0 Å². The Kier molecular flexibility index (Phi) is 5.34. The maximum atomic E-state index is 4.76. The predicted octanol–water partition coefficient (Wildman–Crippen LogP) is 1.47. The number of hydrogen-bond donors (Lipinski definition) is 1. The van der Waals surface area contributed by atoms with Gasteiger partial charge in [-0.2, -0.15) is 0 Å². The van der Waals surface area contributed by atoms with E-state index in [0.717, 1.165) is 50.3 Å². The summed E-state index contributed by atoms with van der Waals surface area (Å²) in [5.41, 5.74) is 0. The number of aliphatic imine (C=N–C) groups is 1. The van der Waals surface area contributed by atoms with E-state index in [9.17, 15) is 0 Å². The number of thiophene rings is 1. The lowest BCUT2D eigenvalue weighted by Crippen LogP contribution is -2.52. The van der Waals surface area contributed by atoms with Crippen LogP contribution in [0.1, 0.15) is 18.6 Å². The van der Waals surface area contributed by atoms with Crippen LogP contribution in [0.2, 0.25) is 0 Å². The van der Waals surface area contributed by atoms with Gasteiger partial charge in [0.1, 0.15) is 12.4 Å². The molecule has 2 aromatic rings. The number of rotatable bonds is 4. The first-order valence-electron chi connectivity index (χ1n) is 8.35. The first-order valence-corrected chi connectivity index (χ1v) is 9.23. The largest absolute Gasteiger partial charge is 0.360 e. The summed E-state index contributed by atoms with van der Waals surface area (Å²) in [5.74, 6) is 2.76. The van der Waals surface area contributed by atoms with Gasteiger partial charge in [0.05, 0.1) is 5.00 Å². The van der Waals surface area contributed by atoms with Crippen LogP contribution in [0.4, 0.5) is 5.00 Å². The Balaban J connectivity index is 1.63. The fourth-order valence-electron chi connectivity index (χ4n) is 2.75.